The van der Waals surface area contributed by atoms with E-state index in [1.54, 1.807) is 12.1 Å². The molecule has 0 saturated heterocycles. The Labute approximate surface area is 133 Å². The van der Waals surface area contributed by atoms with Gasteiger partial charge in [-0.1, -0.05) is 13.3 Å². The molecule has 6 heteroatoms. The van der Waals surface area contributed by atoms with Gasteiger partial charge in [-0.2, -0.15) is 0 Å². The number of rotatable bonds is 9. The minimum atomic E-state index is -3.45. The monoisotopic (exact) mass is 327 g/mol. The third-order valence-corrected chi connectivity index (χ3v) is 4.74. The van der Waals surface area contributed by atoms with Gasteiger partial charge in [0, 0.05) is 13.0 Å². The van der Waals surface area contributed by atoms with Crippen LogP contribution >= 0.6 is 0 Å². The fourth-order valence-corrected chi connectivity index (χ4v) is 3.08. The third-order valence-electron chi connectivity index (χ3n) is 3.00. The van der Waals surface area contributed by atoms with Crippen molar-refractivity contribution >= 4 is 15.7 Å². The molecule has 124 valence electrons. The quantitative estimate of drug-likeness (QED) is 0.708. The molecule has 22 heavy (non-hydrogen) atoms. The van der Waals surface area contributed by atoms with Crippen LogP contribution in [0.3, 0.4) is 0 Å². The number of carbonyl (C=O) groups excluding carboxylic acids is 1. The van der Waals surface area contributed by atoms with Gasteiger partial charge in [-0.05, 0) is 44.5 Å². The van der Waals surface area contributed by atoms with Crippen molar-refractivity contribution in [3.05, 3.63) is 24.3 Å². The number of unbranched alkanes of at least 4 members (excludes halogenated alkanes) is 1. The van der Waals surface area contributed by atoms with E-state index in [4.69, 9.17) is 4.74 Å². The van der Waals surface area contributed by atoms with Crippen LogP contribution in [0.4, 0.5) is 0 Å². The molecule has 0 aliphatic carbocycles. The number of benzene rings is 1. The Morgan fingerprint density at radius 1 is 1.23 bits per heavy atom. The first-order valence-corrected chi connectivity index (χ1v) is 9.26. The second-order valence-corrected chi connectivity index (χ2v) is 7.52. The van der Waals surface area contributed by atoms with E-state index in [2.05, 4.69) is 5.32 Å². The Morgan fingerprint density at radius 3 is 2.41 bits per heavy atom. The first-order valence-electron chi connectivity index (χ1n) is 7.61. The highest BCUT2D eigenvalue weighted by atomic mass is 32.2. The van der Waals surface area contributed by atoms with Gasteiger partial charge >= 0.3 is 0 Å². The summed E-state index contributed by atoms with van der Waals surface area (Å²) in [6.07, 6.45) is 1.91. The highest BCUT2D eigenvalue weighted by Gasteiger charge is 2.16. The molecule has 0 spiro atoms. The first kappa shape index (κ1) is 18.5. The summed E-state index contributed by atoms with van der Waals surface area (Å²) in [5, 5.41) is 2.71. The normalized spacial score (nSPS) is 11.5. The van der Waals surface area contributed by atoms with Gasteiger partial charge in [0.1, 0.15) is 5.75 Å². The molecule has 0 saturated carbocycles. The van der Waals surface area contributed by atoms with Crippen molar-refractivity contribution < 1.29 is 17.9 Å². The van der Waals surface area contributed by atoms with Crippen LogP contribution in [0.2, 0.25) is 0 Å². The fourth-order valence-electron chi connectivity index (χ4n) is 1.84. The number of hydrogen-bond acceptors (Lipinski definition) is 4. The molecular formula is C16H25NO4S. The average molecular weight is 327 g/mol. The molecule has 0 aliphatic heterocycles. The van der Waals surface area contributed by atoms with Crippen molar-refractivity contribution in [2.45, 2.75) is 51.0 Å². The van der Waals surface area contributed by atoms with E-state index in [9.17, 15) is 13.2 Å². The molecule has 1 rings (SSSR count). The first-order chi connectivity index (χ1) is 10.3. The molecule has 1 aromatic carbocycles. The van der Waals surface area contributed by atoms with Gasteiger partial charge in [0.2, 0.25) is 5.91 Å². The molecule has 0 unspecified atom stereocenters. The van der Waals surface area contributed by atoms with E-state index in [0.29, 0.717) is 12.3 Å². The van der Waals surface area contributed by atoms with Crippen LogP contribution in [0.1, 0.15) is 40.0 Å². The van der Waals surface area contributed by atoms with Crippen LogP contribution in [0, 0.1) is 0 Å². The van der Waals surface area contributed by atoms with Crippen LogP contribution in [-0.2, 0) is 14.6 Å². The highest BCUT2D eigenvalue weighted by Crippen LogP contribution is 2.18. The van der Waals surface area contributed by atoms with Crippen LogP contribution < -0.4 is 10.1 Å². The predicted molar refractivity (Wildman–Crippen MR) is 86.8 cm³/mol. The lowest BCUT2D eigenvalue weighted by molar-refractivity contribution is -0.120. The molecule has 0 heterocycles. The van der Waals surface area contributed by atoms with Crippen molar-refractivity contribution in [1.29, 1.82) is 0 Å². The topological polar surface area (TPSA) is 72.5 Å². The maximum atomic E-state index is 12.2. The summed E-state index contributed by atoms with van der Waals surface area (Å²) in [5.74, 6) is 0.220. The standard InChI is InChI=1S/C16H25NO4S/c1-4-5-11-17-16(18)10-12-22(19,20)15-8-6-14(7-9-15)21-13(2)3/h6-9,13H,4-5,10-12H2,1-3H3,(H,17,18). The zero-order valence-electron chi connectivity index (χ0n) is 13.5. The summed E-state index contributed by atoms with van der Waals surface area (Å²) in [4.78, 5) is 11.8. The maximum Gasteiger partial charge on any atom is 0.221 e. The maximum absolute atomic E-state index is 12.2. The summed E-state index contributed by atoms with van der Waals surface area (Å²) in [6.45, 7) is 6.43. The lowest BCUT2D eigenvalue weighted by atomic mass is 10.3. The van der Waals surface area contributed by atoms with E-state index < -0.39 is 9.84 Å². The lowest BCUT2D eigenvalue weighted by Crippen LogP contribution is -2.26. The lowest BCUT2D eigenvalue weighted by Gasteiger charge is -2.10. The van der Waals surface area contributed by atoms with E-state index in [0.717, 1.165) is 12.8 Å². The van der Waals surface area contributed by atoms with E-state index in [1.165, 1.54) is 12.1 Å². The summed E-state index contributed by atoms with van der Waals surface area (Å²) in [5.41, 5.74) is 0. The van der Waals surface area contributed by atoms with Crippen molar-refractivity contribution in [3.63, 3.8) is 0 Å². The number of amides is 1. The van der Waals surface area contributed by atoms with E-state index >= 15 is 0 Å². The number of carbonyl (C=O) groups is 1. The van der Waals surface area contributed by atoms with Crippen molar-refractivity contribution in [2.75, 3.05) is 12.3 Å². The SMILES string of the molecule is CCCCNC(=O)CCS(=O)(=O)c1ccc(OC(C)C)cc1. The summed E-state index contributed by atoms with van der Waals surface area (Å²) in [7, 11) is -3.45. The Kier molecular flexibility index (Phi) is 7.38. The summed E-state index contributed by atoms with van der Waals surface area (Å²) >= 11 is 0. The second kappa shape index (κ2) is 8.78. The van der Waals surface area contributed by atoms with Crippen LogP contribution in [0.25, 0.3) is 0 Å². The summed E-state index contributed by atoms with van der Waals surface area (Å²) in [6, 6.07) is 6.30. The number of ether oxygens (including phenoxy) is 1. The zero-order valence-corrected chi connectivity index (χ0v) is 14.3. The molecule has 1 aromatic rings. The molecule has 0 radical (unpaired) electrons. The van der Waals surface area contributed by atoms with Gasteiger partial charge in [-0.15, -0.1) is 0 Å². The van der Waals surface area contributed by atoms with Crippen LogP contribution in [-0.4, -0.2) is 32.7 Å². The smallest absolute Gasteiger partial charge is 0.221 e. The fraction of sp³-hybridized carbons (Fsp3) is 0.562. The molecular weight excluding hydrogens is 302 g/mol. The van der Waals surface area contributed by atoms with Gasteiger partial charge in [0.25, 0.3) is 0 Å². The Bertz CT molecular complexity index is 564. The second-order valence-electron chi connectivity index (χ2n) is 5.41. The Morgan fingerprint density at radius 2 is 1.86 bits per heavy atom. The molecule has 0 fully saturated rings. The van der Waals surface area contributed by atoms with Gasteiger partial charge in [-0.3, -0.25) is 4.79 Å². The predicted octanol–water partition coefficient (Wildman–Crippen LogP) is 2.55. The van der Waals surface area contributed by atoms with E-state index in [-0.39, 0.29) is 29.1 Å². The van der Waals surface area contributed by atoms with Crippen molar-refractivity contribution in [2.24, 2.45) is 0 Å². The molecule has 0 bridgehead atoms. The molecule has 5 nitrogen and oxygen atoms in total. The highest BCUT2D eigenvalue weighted by molar-refractivity contribution is 7.91. The van der Waals surface area contributed by atoms with Gasteiger partial charge in [-0.25, -0.2) is 8.42 Å². The molecule has 0 aromatic heterocycles. The van der Waals surface area contributed by atoms with E-state index in [1.807, 2.05) is 20.8 Å². The molecule has 1 N–H and O–H groups in total. The molecule has 1 amide bonds. The minimum Gasteiger partial charge on any atom is -0.491 e. The molecule has 0 atom stereocenters. The number of hydrogen-bond donors (Lipinski definition) is 1. The average Bonchev–Trinajstić information content (AvgIpc) is 2.45. The van der Waals surface area contributed by atoms with Crippen molar-refractivity contribution in [3.8, 4) is 5.75 Å². The van der Waals surface area contributed by atoms with Crippen LogP contribution in [0.5, 0.6) is 5.75 Å². The van der Waals surface area contributed by atoms with Gasteiger partial charge in [0.15, 0.2) is 9.84 Å². The van der Waals surface area contributed by atoms with Gasteiger partial charge < -0.3 is 10.1 Å². The Balaban J connectivity index is 2.57. The Hall–Kier alpha value is -1.56. The zero-order chi connectivity index (χ0) is 16.6. The van der Waals surface area contributed by atoms with Gasteiger partial charge in [0.05, 0.1) is 16.8 Å². The third kappa shape index (κ3) is 6.47. The number of nitrogens with one attached hydrogen (secondary N) is 1. The largest absolute Gasteiger partial charge is 0.491 e. The van der Waals surface area contributed by atoms with Crippen LogP contribution in [0.15, 0.2) is 29.2 Å². The summed E-state index contributed by atoms with van der Waals surface area (Å²) < 4.78 is 29.8. The minimum absolute atomic E-state index is 0.0176. The van der Waals surface area contributed by atoms with Crippen molar-refractivity contribution in [1.82, 2.24) is 5.32 Å². The number of sulfone groups is 1. The molecule has 0 aliphatic rings.